The molecule has 0 bridgehead atoms. The third-order valence-corrected chi connectivity index (χ3v) is 6.27. The van der Waals surface area contributed by atoms with Gasteiger partial charge in [-0.3, -0.25) is 9.69 Å². The summed E-state index contributed by atoms with van der Waals surface area (Å²) in [4.78, 5) is 15.6. The van der Waals surface area contributed by atoms with Crippen LogP contribution < -0.4 is 9.47 Å². The van der Waals surface area contributed by atoms with Crippen molar-refractivity contribution in [3.63, 3.8) is 0 Å². The zero-order valence-electron chi connectivity index (χ0n) is 17.4. The molecule has 2 aliphatic rings. The van der Waals surface area contributed by atoms with Crippen molar-refractivity contribution < 1.29 is 14.3 Å². The third-order valence-electron chi connectivity index (χ3n) is 6.27. The Labute approximate surface area is 178 Å². The van der Waals surface area contributed by atoms with Crippen LogP contribution in [-0.4, -0.2) is 23.8 Å². The first-order valence-corrected chi connectivity index (χ1v) is 10.7. The van der Waals surface area contributed by atoms with Crippen LogP contribution in [0.15, 0.2) is 68.1 Å². The first-order chi connectivity index (χ1) is 14.7. The van der Waals surface area contributed by atoms with Crippen LogP contribution in [0.5, 0.6) is 11.5 Å². The van der Waals surface area contributed by atoms with Crippen LogP contribution in [0.3, 0.4) is 0 Å². The molecule has 4 heteroatoms. The van der Waals surface area contributed by atoms with E-state index in [0.717, 1.165) is 56.4 Å². The van der Waals surface area contributed by atoms with Crippen LogP contribution in [0.1, 0.15) is 40.7 Å². The van der Waals surface area contributed by atoms with E-state index in [-0.39, 0.29) is 11.7 Å². The Morgan fingerprint density at radius 2 is 1.67 bits per heavy atom. The van der Waals surface area contributed by atoms with Gasteiger partial charge < -0.3 is 9.47 Å². The summed E-state index contributed by atoms with van der Waals surface area (Å²) in [5, 5.41) is 0. The minimum absolute atomic E-state index is 0.0567. The Morgan fingerprint density at radius 1 is 1.00 bits per heavy atom. The molecule has 0 aromatic heterocycles. The molecular weight excluding hydrogens is 374 g/mol. The number of rotatable bonds is 8. The van der Waals surface area contributed by atoms with Gasteiger partial charge in [-0.1, -0.05) is 43.5 Å². The summed E-state index contributed by atoms with van der Waals surface area (Å²) in [6, 6.07) is 14.3. The smallest absolute Gasteiger partial charge is 0.169 e. The van der Waals surface area contributed by atoms with E-state index >= 15 is 0 Å². The van der Waals surface area contributed by atoms with Crippen molar-refractivity contribution in [3.8, 4) is 11.5 Å². The summed E-state index contributed by atoms with van der Waals surface area (Å²) in [7, 11) is 0. The van der Waals surface area contributed by atoms with Crippen LogP contribution in [0.2, 0.25) is 0 Å². The number of fused-ring (bicyclic) bond motifs is 1. The van der Waals surface area contributed by atoms with E-state index in [1.54, 1.807) is 6.07 Å². The summed E-state index contributed by atoms with van der Waals surface area (Å²) in [5.41, 5.74) is 3.17. The lowest BCUT2D eigenvalue weighted by Gasteiger charge is -2.32. The van der Waals surface area contributed by atoms with Gasteiger partial charge >= 0.3 is 0 Å². The Morgan fingerprint density at radius 3 is 2.33 bits per heavy atom. The van der Waals surface area contributed by atoms with E-state index in [2.05, 4.69) is 48.4 Å². The number of carbonyl (C=O) groups is 1. The predicted octanol–water partition coefficient (Wildman–Crippen LogP) is 5.39. The highest BCUT2D eigenvalue weighted by atomic mass is 16.5. The number of nitrogens with zero attached hydrogens (tertiary/aromatic N) is 1. The Balaban J connectivity index is 1.36. The lowest BCUT2D eigenvalue weighted by molar-refractivity contribution is 0.0895. The first-order valence-electron chi connectivity index (χ1n) is 10.7. The van der Waals surface area contributed by atoms with Crippen LogP contribution in [0.25, 0.3) is 0 Å². The SMILES string of the molecule is C=COc1cc2c(cc1OC=C)C(=O)C(CC1CCN(Cc3ccccc3)CC1)C2. The Hall–Kier alpha value is -2.85. The number of piperidine rings is 1. The minimum Gasteiger partial charge on any atom is -0.462 e. The maximum Gasteiger partial charge on any atom is 0.169 e. The maximum atomic E-state index is 13.0. The molecule has 4 rings (SSSR count). The average Bonchev–Trinajstić information content (AvgIpc) is 3.05. The van der Waals surface area contributed by atoms with Gasteiger partial charge in [-0.15, -0.1) is 0 Å². The van der Waals surface area contributed by atoms with Crippen molar-refractivity contribution in [2.24, 2.45) is 11.8 Å². The molecule has 156 valence electrons. The maximum absolute atomic E-state index is 13.0. The third kappa shape index (κ3) is 4.49. The van der Waals surface area contributed by atoms with E-state index < -0.39 is 0 Å². The fourth-order valence-corrected chi connectivity index (χ4v) is 4.76. The lowest BCUT2D eigenvalue weighted by Crippen LogP contribution is -2.34. The molecule has 30 heavy (non-hydrogen) atoms. The summed E-state index contributed by atoms with van der Waals surface area (Å²) in [6.07, 6.45) is 6.76. The second-order valence-corrected chi connectivity index (χ2v) is 8.23. The molecule has 0 N–H and O–H groups in total. The molecule has 1 unspecified atom stereocenters. The van der Waals surface area contributed by atoms with Gasteiger partial charge in [-0.2, -0.15) is 0 Å². The van der Waals surface area contributed by atoms with Crippen LogP contribution in [0, 0.1) is 11.8 Å². The van der Waals surface area contributed by atoms with Crippen molar-refractivity contribution >= 4 is 5.78 Å². The number of hydrogen-bond donors (Lipinski definition) is 0. The Bertz CT molecular complexity index is 913. The fourth-order valence-electron chi connectivity index (χ4n) is 4.76. The van der Waals surface area contributed by atoms with Crippen molar-refractivity contribution in [3.05, 3.63) is 84.8 Å². The highest BCUT2D eigenvalue weighted by Gasteiger charge is 2.34. The molecule has 4 nitrogen and oxygen atoms in total. The number of carbonyl (C=O) groups excluding carboxylic acids is 1. The summed E-state index contributed by atoms with van der Waals surface area (Å²) >= 11 is 0. The zero-order valence-corrected chi connectivity index (χ0v) is 17.4. The molecule has 0 spiro atoms. The number of likely N-dealkylation sites (tertiary alicyclic amines) is 1. The average molecular weight is 404 g/mol. The molecule has 1 atom stereocenters. The first kappa shape index (κ1) is 20.4. The van der Waals surface area contributed by atoms with Gasteiger partial charge in [-0.05, 0) is 68.0 Å². The summed E-state index contributed by atoms with van der Waals surface area (Å²) < 4.78 is 10.9. The monoisotopic (exact) mass is 403 g/mol. The lowest BCUT2D eigenvalue weighted by atomic mass is 9.85. The molecule has 2 aromatic rings. The van der Waals surface area contributed by atoms with E-state index in [9.17, 15) is 4.79 Å². The largest absolute Gasteiger partial charge is 0.462 e. The molecule has 1 aliphatic carbocycles. The number of ketones is 1. The zero-order chi connectivity index (χ0) is 20.9. The van der Waals surface area contributed by atoms with Gasteiger partial charge in [0.05, 0.1) is 12.5 Å². The van der Waals surface area contributed by atoms with Crippen LogP contribution in [-0.2, 0) is 13.0 Å². The van der Waals surface area contributed by atoms with Crippen LogP contribution in [0.4, 0.5) is 0 Å². The number of hydrogen-bond acceptors (Lipinski definition) is 4. The summed E-state index contributed by atoms with van der Waals surface area (Å²) in [6.45, 7) is 10.4. The molecule has 1 saturated heterocycles. The van der Waals surface area contributed by atoms with E-state index in [0.29, 0.717) is 17.4 Å². The quantitative estimate of drug-likeness (QED) is 0.554. The normalized spacial score (nSPS) is 19.3. The molecule has 1 aliphatic heterocycles. The Kier molecular flexibility index (Phi) is 6.34. The van der Waals surface area contributed by atoms with Gasteiger partial charge in [0.2, 0.25) is 0 Å². The molecule has 0 saturated carbocycles. The molecule has 1 heterocycles. The van der Waals surface area contributed by atoms with E-state index in [4.69, 9.17) is 9.47 Å². The molecule has 1 fully saturated rings. The van der Waals surface area contributed by atoms with Crippen molar-refractivity contribution in [1.82, 2.24) is 4.90 Å². The second-order valence-electron chi connectivity index (χ2n) is 8.23. The standard InChI is InChI=1S/C26H29NO3/c1-3-29-24-16-21-15-22(26(28)23(21)17-25(24)30-4-2)14-19-10-12-27(13-11-19)18-20-8-6-5-7-9-20/h3-9,16-17,19,22H,1-2,10-15,18H2. The number of ether oxygens (including phenoxy) is 2. The molecule has 0 radical (unpaired) electrons. The van der Waals surface area contributed by atoms with Gasteiger partial charge in [0.25, 0.3) is 0 Å². The predicted molar refractivity (Wildman–Crippen MR) is 119 cm³/mol. The number of Topliss-reactive ketones (excluding diaryl/α,β-unsaturated/α-hetero) is 1. The minimum atomic E-state index is 0.0567. The van der Waals surface area contributed by atoms with Gasteiger partial charge in [0.15, 0.2) is 17.3 Å². The van der Waals surface area contributed by atoms with Gasteiger partial charge in [-0.25, -0.2) is 0 Å². The fraction of sp³-hybridized carbons (Fsp3) is 0.346. The highest BCUT2D eigenvalue weighted by Crippen LogP contribution is 2.40. The molecular formula is C26H29NO3. The topological polar surface area (TPSA) is 38.8 Å². The van der Waals surface area contributed by atoms with Crippen LogP contribution >= 0.6 is 0 Å². The second kappa shape index (κ2) is 9.31. The van der Waals surface area contributed by atoms with Crippen molar-refractivity contribution in [2.75, 3.05) is 13.1 Å². The molecule has 0 amide bonds. The van der Waals surface area contributed by atoms with Crippen molar-refractivity contribution in [2.45, 2.75) is 32.2 Å². The molecule has 2 aromatic carbocycles. The van der Waals surface area contributed by atoms with E-state index in [1.165, 1.54) is 18.1 Å². The summed E-state index contributed by atoms with van der Waals surface area (Å²) in [5.74, 6) is 1.98. The number of benzene rings is 2. The van der Waals surface area contributed by atoms with Crippen molar-refractivity contribution in [1.29, 1.82) is 0 Å². The highest BCUT2D eigenvalue weighted by molar-refractivity contribution is 6.02. The van der Waals surface area contributed by atoms with Gasteiger partial charge in [0, 0.05) is 18.0 Å². The van der Waals surface area contributed by atoms with Gasteiger partial charge in [0.1, 0.15) is 0 Å². The van der Waals surface area contributed by atoms with E-state index in [1.807, 2.05) is 6.07 Å².